The molecular weight excluding hydrogens is 545 g/mol. The average Bonchev–Trinajstić information content (AvgIpc) is 2.69. The lowest BCUT2D eigenvalue weighted by molar-refractivity contribution is -0.116. The van der Waals surface area contributed by atoms with E-state index < -0.39 is 17.5 Å². The van der Waals surface area contributed by atoms with Crippen LogP contribution >= 0.6 is 22.6 Å². The number of hydrogen-bond acceptors (Lipinski definition) is 5. The number of carbonyl (C=O) groups is 2. The van der Waals surface area contributed by atoms with Crippen LogP contribution in [0.1, 0.15) is 10.4 Å². The van der Waals surface area contributed by atoms with Crippen LogP contribution in [-0.4, -0.2) is 37.4 Å². The number of nitrogens with two attached hydrogens (primary N) is 1. The molecule has 0 heterocycles. The van der Waals surface area contributed by atoms with Crippen molar-refractivity contribution in [2.45, 2.75) is 0 Å². The molecule has 0 fully saturated rings. The first-order valence-electron chi connectivity index (χ1n) is 9.70. The van der Waals surface area contributed by atoms with Crippen molar-refractivity contribution in [3.63, 3.8) is 0 Å². The first kappa shape index (κ1) is 24.4. The smallest absolute Gasteiger partial charge is 0.254 e. The molecule has 0 saturated carbocycles. The van der Waals surface area contributed by atoms with Crippen LogP contribution in [0, 0.1) is 15.2 Å². The Morgan fingerprint density at radius 1 is 1.06 bits per heavy atom. The summed E-state index contributed by atoms with van der Waals surface area (Å²) in [6, 6.07) is 12.8. The Kier molecular flexibility index (Phi) is 7.82. The Morgan fingerprint density at radius 3 is 2.48 bits per heavy atom. The quantitative estimate of drug-likeness (QED) is 0.344. The van der Waals surface area contributed by atoms with Gasteiger partial charge in [0.25, 0.3) is 5.91 Å². The highest BCUT2D eigenvalue weighted by Crippen LogP contribution is 2.34. The monoisotopic (exact) mass is 566 g/mol. The highest BCUT2D eigenvalue weighted by molar-refractivity contribution is 14.1. The maximum atomic E-state index is 14.4. The van der Waals surface area contributed by atoms with Gasteiger partial charge in [-0.1, -0.05) is 6.07 Å². The van der Waals surface area contributed by atoms with Gasteiger partial charge in [-0.25, -0.2) is 8.78 Å². The van der Waals surface area contributed by atoms with Gasteiger partial charge < -0.3 is 26.0 Å². The number of amides is 2. The minimum Gasteiger partial charge on any atom is -0.456 e. The third-order valence-electron chi connectivity index (χ3n) is 4.32. The van der Waals surface area contributed by atoms with Crippen LogP contribution < -0.4 is 21.1 Å². The fourth-order valence-electron chi connectivity index (χ4n) is 3.00. The van der Waals surface area contributed by atoms with E-state index in [4.69, 9.17) is 10.5 Å². The summed E-state index contributed by atoms with van der Waals surface area (Å²) in [5.41, 5.74) is 5.83. The molecule has 3 aromatic rings. The van der Waals surface area contributed by atoms with E-state index >= 15 is 0 Å². The molecule has 4 N–H and O–H groups in total. The van der Waals surface area contributed by atoms with Crippen molar-refractivity contribution in [1.29, 1.82) is 0 Å². The van der Waals surface area contributed by atoms with Gasteiger partial charge in [-0.2, -0.15) is 0 Å². The van der Waals surface area contributed by atoms with Crippen LogP contribution in [0.25, 0.3) is 0 Å². The number of carbonyl (C=O) groups excluding carboxylic acids is 2. The van der Waals surface area contributed by atoms with Crippen molar-refractivity contribution in [2.24, 2.45) is 5.73 Å². The van der Waals surface area contributed by atoms with E-state index in [0.717, 1.165) is 12.1 Å². The molecule has 3 aromatic carbocycles. The highest BCUT2D eigenvalue weighted by Gasteiger charge is 2.20. The largest absolute Gasteiger partial charge is 0.456 e. The van der Waals surface area contributed by atoms with Gasteiger partial charge in [0.2, 0.25) is 5.91 Å². The minimum atomic E-state index is -0.895. The highest BCUT2D eigenvalue weighted by atomic mass is 127. The first-order chi connectivity index (χ1) is 15.6. The van der Waals surface area contributed by atoms with Crippen molar-refractivity contribution in [1.82, 2.24) is 4.90 Å². The van der Waals surface area contributed by atoms with Crippen LogP contribution in [-0.2, 0) is 4.79 Å². The number of benzene rings is 3. The number of likely N-dealkylation sites (N-methyl/N-ethyl adjacent to an activating group) is 1. The first-order valence-corrected chi connectivity index (χ1v) is 10.8. The van der Waals surface area contributed by atoms with Crippen LogP contribution in [0.5, 0.6) is 11.5 Å². The molecule has 0 unspecified atom stereocenters. The molecule has 0 radical (unpaired) electrons. The van der Waals surface area contributed by atoms with Gasteiger partial charge >= 0.3 is 0 Å². The summed E-state index contributed by atoms with van der Waals surface area (Å²) >= 11 is 1.96. The molecule has 0 aromatic heterocycles. The second kappa shape index (κ2) is 10.6. The van der Waals surface area contributed by atoms with E-state index in [1.165, 1.54) is 18.2 Å². The van der Waals surface area contributed by atoms with Crippen LogP contribution in [0.15, 0.2) is 54.6 Å². The molecule has 0 aliphatic rings. The summed E-state index contributed by atoms with van der Waals surface area (Å²) in [6.45, 7) is 0.185. The van der Waals surface area contributed by atoms with E-state index in [1.54, 1.807) is 43.3 Å². The molecule has 3 rings (SSSR count). The van der Waals surface area contributed by atoms with Gasteiger partial charge in [0, 0.05) is 21.4 Å². The Balaban J connectivity index is 1.93. The van der Waals surface area contributed by atoms with Gasteiger partial charge in [0.05, 0.1) is 17.9 Å². The predicted octanol–water partition coefficient (Wildman–Crippen LogP) is 4.70. The predicted molar refractivity (Wildman–Crippen MR) is 131 cm³/mol. The summed E-state index contributed by atoms with van der Waals surface area (Å²) in [4.78, 5) is 25.9. The summed E-state index contributed by atoms with van der Waals surface area (Å²) in [5.74, 6) is -2.35. The van der Waals surface area contributed by atoms with Crippen LogP contribution in [0.4, 0.5) is 25.8 Å². The van der Waals surface area contributed by atoms with E-state index in [9.17, 15) is 18.4 Å². The second-order valence-corrected chi connectivity index (χ2v) is 8.60. The van der Waals surface area contributed by atoms with Crippen molar-refractivity contribution in [3.05, 3.63) is 75.4 Å². The van der Waals surface area contributed by atoms with E-state index in [2.05, 4.69) is 10.6 Å². The fraction of sp³-hybridized carbons (Fsp3) is 0.130. The van der Waals surface area contributed by atoms with Crippen molar-refractivity contribution in [2.75, 3.05) is 31.3 Å². The zero-order chi connectivity index (χ0) is 24.1. The molecule has 0 bridgehead atoms. The summed E-state index contributed by atoms with van der Waals surface area (Å²) in [7, 11) is 3.53. The summed E-state index contributed by atoms with van der Waals surface area (Å²) in [5, 5.41) is 5.43. The number of nitrogens with one attached hydrogen (secondary N) is 2. The lowest BCUT2D eigenvalue weighted by Gasteiger charge is -2.16. The Labute approximate surface area is 203 Å². The normalized spacial score (nSPS) is 10.7. The number of rotatable bonds is 8. The van der Waals surface area contributed by atoms with E-state index in [1.807, 2.05) is 22.6 Å². The van der Waals surface area contributed by atoms with Gasteiger partial charge in [0.1, 0.15) is 28.7 Å². The molecule has 0 atom stereocenters. The lowest BCUT2D eigenvalue weighted by Crippen LogP contribution is -2.27. The van der Waals surface area contributed by atoms with Gasteiger partial charge in [-0.05, 0) is 73.1 Å². The maximum Gasteiger partial charge on any atom is 0.254 e. The SMILES string of the molecule is CN(C)CC(=O)Nc1cccc(Oc2cc(F)cc(Nc3ccc(I)cc3F)c2C(N)=O)c1. The van der Waals surface area contributed by atoms with Gasteiger partial charge in [0.15, 0.2) is 0 Å². The maximum absolute atomic E-state index is 14.4. The third kappa shape index (κ3) is 6.62. The van der Waals surface area contributed by atoms with Gasteiger partial charge in [-0.15, -0.1) is 0 Å². The molecule has 33 heavy (non-hydrogen) atoms. The van der Waals surface area contributed by atoms with Crippen molar-refractivity contribution < 1.29 is 23.1 Å². The molecule has 2 amide bonds. The molecular formula is C23H21F2IN4O3. The lowest BCUT2D eigenvalue weighted by atomic mass is 10.1. The third-order valence-corrected chi connectivity index (χ3v) is 4.99. The molecule has 0 spiro atoms. The zero-order valence-corrected chi connectivity index (χ0v) is 19.9. The molecule has 0 aliphatic heterocycles. The van der Waals surface area contributed by atoms with Crippen molar-refractivity contribution in [3.8, 4) is 11.5 Å². The molecule has 10 heteroatoms. The zero-order valence-electron chi connectivity index (χ0n) is 17.8. The summed E-state index contributed by atoms with van der Waals surface area (Å²) < 4.78 is 35.1. The Morgan fingerprint density at radius 2 is 1.82 bits per heavy atom. The van der Waals surface area contributed by atoms with Crippen LogP contribution in [0.3, 0.4) is 0 Å². The van der Waals surface area contributed by atoms with E-state index in [-0.39, 0.29) is 40.9 Å². The topological polar surface area (TPSA) is 96.7 Å². The molecule has 0 saturated heterocycles. The van der Waals surface area contributed by atoms with Crippen molar-refractivity contribution >= 4 is 51.5 Å². The number of nitrogens with zero attached hydrogens (tertiary/aromatic N) is 1. The Hall–Kier alpha value is -3.25. The Bertz CT molecular complexity index is 1200. The molecule has 172 valence electrons. The number of primary amides is 1. The second-order valence-electron chi connectivity index (χ2n) is 7.36. The fourth-order valence-corrected chi connectivity index (χ4v) is 3.46. The van der Waals surface area contributed by atoms with Crippen LogP contribution in [0.2, 0.25) is 0 Å². The average molecular weight is 566 g/mol. The molecule has 0 aliphatic carbocycles. The number of halogens is 3. The number of hydrogen-bond donors (Lipinski definition) is 3. The number of ether oxygens (including phenoxy) is 1. The van der Waals surface area contributed by atoms with Gasteiger partial charge in [-0.3, -0.25) is 9.59 Å². The standard InChI is InChI=1S/C23H21F2IN4O3/c1-30(2)12-21(31)28-15-4-3-5-16(11-15)33-20-9-13(24)8-19(22(20)23(27)32)29-18-7-6-14(26)10-17(18)25/h3-11,29H,12H2,1-2H3,(H2,27,32)(H,28,31). The number of anilines is 3. The molecule has 7 nitrogen and oxygen atoms in total. The van der Waals surface area contributed by atoms with E-state index in [0.29, 0.717) is 9.26 Å². The summed E-state index contributed by atoms with van der Waals surface area (Å²) in [6.07, 6.45) is 0. The minimum absolute atomic E-state index is 0.0417.